The minimum Gasteiger partial charge on any atom is -0.459 e. The van der Waals surface area contributed by atoms with Gasteiger partial charge in [0, 0.05) is 4.92 Å². The molecule has 0 aliphatic rings. The first-order valence-corrected chi connectivity index (χ1v) is 5.83. The topological polar surface area (TPSA) is 110 Å². The fourth-order valence-corrected chi connectivity index (χ4v) is 1.57. The number of hydroxylamine groups is 2. The quantitative estimate of drug-likeness (QED) is 0.281. The van der Waals surface area contributed by atoms with Crippen molar-refractivity contribution in [3.63, 3.8) is 0 Å². The highest BCUT2D eigenvalue weighted by Crippen LogP contribution is 2.19. The van der Waals surface area contributed by atoms with Crippen molar-refractivity contribution in [3.8, 4) is 0 Å². The van der Waals surface area contributed by atoms with Crippen molar-refractivity contribution in [2.24, 2.45) is 0 Å². The van der Waals surface area contributed by atoms with Crippen molar-refractivity contribution >= 4 is 11.9 Å². The van der Waals surface area contributed by atoms with Crippen molar-refractivity contribution in [3.05, 3.63) is 46.0 Å². The van der Waals surface area contributed by atoms with Crippen LogP contribution in [0, 0.1) is 10.1 Å². The monoisotopic (exact) mass is 282 g/mol. The lowest BCUT2D eigenvalue weighted by molar-refractivity contribution is -0.491. The number of benzene rings is 1. The van der Waals surface area contributed by atoms with Crippen LogP contribution in [0.5, 0.6) is 0 Å². The molecule has 0 saturated heterocycles. The number of carbonyl (C=O) groups excluding carboxylic acids is 2. The number of nitro groups is 1. The Morgan fingerprint density at radius 2 is 2.00 bits per heavy atom. The summed E-state index contributed by atoms with van der Waals surface area (Å²) in [6.45, 7) is 0.730. The molecule has 0 saturated carbocycles. The molecule has 0 spiro atoms. The molecule has 0 radical (unpaired) electrons. The maximum Gasteiger partial charge on any atom is 0.399 e. The number of rotatable bonds is 5. The molecule has 0 aliphatic carbocycles. The molecule has 0 aliphatic heterocycles. The van der Waals surface area contributed by atoms with Gasteiger partial charge in [-0.25, -0.2) is 9.86 Å². The maximum atomic E-state index is 11.6. The van der Waals surface area contributed by atoms with Gasteiger partial charge in [0.15, 0.2) is 0 Å². The Kier molecular flexibility index (Phi) is 5.60. The molecule has 0 fully saturated rings. The van der Waals surface area contributed by atoms with Crippen LogP contribution >= 0.6 is 0 Å². The Balaban J connectivity index is 2.96. The fraction of sp³-hybridized carbons (Fsp3) is 0.333. The molecule has 1 amide bonds. The molecule has 1 rings (SSSR count). The van der Waals surface area contributed by atoms with Crippen molar-refractivity contribution in [1.82, 2.24) is 5.06 Å². The number of ether oxygens (including phenoxy) is 1. The largest absolute Gasteiger partial charge is 0.459 e. The number of hydrogen-bond acceptors (Lipinski definition) is 6. The molecule has 20 heavy (non-hydrogen) atoms. The smallest absolute Gasteiger partial charge is 0.399 e. The van der Waals surface area contributed by atoms with E-state index in [0.29, 0.717) is 5.56 Å². The Labute approximate surface area is 114 Å². The van der Waals surface area contributed by atoms with E-state index in [4.69, 9.17) is 0 Å². The first-order chi connectivity index (χ1) is 9.47. The molecule has 0 bridgehead atoms. The molecule has 1 N–H and O–H groups in total. The van der Waals surface area contributed by atoms with Crippen molar-refractivity contribution < 1.29 is 24.5 Å². The predicted octanol–water partition coefficient (Wildman–Crippen LogP) is 0.785. The van der Waals surface area contributed by atoms with Gasteiger partial charge in [-0.2, -0.15) is 0 Å². The van der Waals surface area contributed by atoms with E-state index in [1.54, 1.807) is 18.2 Å². The zero-order chi connectivity index (χ0) is 15.1. The van der Waals surface area contributed by atoms with E-state index in [2.05, 4.69) is 4.74 Å². The minimum atomic E-state index is -1.34. The molecule has 108 valence electrons. The van der Waals surface area contributed by atoms with Crippen molar-refractivity contribution in [1.29, 1.82) is 0 Å². The SMILES string of the molecule is CCOC(=O)C(=O)N(O)[C@H](C[N+](=O)[O-])c1ccccc1. The van der Waals surface area contributed by atoms with Gasteiger partial charge in [-0.3, -0.25) is 20.1 Å². The second kappa shape index (κ2) is 7.19. The Morgan fingerprint density at radius 3 is 2.50 bits per heavy atom. The summed E-state index contributed by atoms with van der Waals surface area (Å²) in [6, 6.07) is 6.64. The Bertz CT molecular complexity index is 490. The van der Waals surface area contributed by atoms with Crippen LogP contribution in [0.15, 0.2) is 30.3 Å². The van der Waals surface area contributed by atoms with E-state index >= 15 is 0 Å². The fourth-order valence-electron chi connectivity index (χ4n) is 1.57. The van der Waals surface area contributed by atoms with E-state index < -0.39 is 29.4 Å². The van der Waals surface area contributed by atoms with Gasteiger partial charge in [-0.15, -0.1) is 0 Å². The maximum absolute atomic E-state index is 11.6. The summed E-state index contributed by atoms with van der Waals surface area (Å²) in [5, 5.41) is 20.4. The lowest BCUT2D eigenvalue weighted by Gasteiger charge is -2.22. The molecule has 0 unspecified atom stereocenters. The minimum absolute atomic E-state index is 0.0378. The highest BCUT2D eigenvalue weighted by Gasteiger charge is 2.33. The lowest BCUT2D eigenvalue weighted by Crippen LogP contribution is -2.40. The van der Waals surface area contributed by atoms with Gasteiger partial charge in [0.05, 0.1) is 6.61 Å². The third-order valence-electron chi connectivity index (χ3n) is 2.46. The number of nitrogens with zero attached hydrogens (tertiary/aromatic N) is 2. The van der Waals surface area contributed by atoms with Gasteiger partial charge in [-0.1, -0.05) is 30.3 Å². The molecule has 8 nitrogen and oxygen atoms in total. The van der Waals surface area contributed by atoms with Crippen LogP contribution in [0.3, 0.4) is 0 Å². The molecule has 0 heterocycles. The third-order valence-corrected chi connectivity index (χ3v) is 2.46. The average Bonchev–Trinajstić information content (AvgIpc) is 2.44. The van der Waals surface area contributed by atoms with E-state index in [1.807, 2.05) is 0 Å². The summed E-state index contributed by atoms with van der Waals surface area (Å²) in [7, 11) is 0. The third kappa shape index (κ3) is 4.02. The van der Waals surface area contributed by atoms with Gasteiger partial charge >= 0.3 is 11.9 Å². The molecule has 0 aromatic heterocycles. The van der Waals surface area contributed by atoms with Crippen LogP contribution in [-0.2, 0) is 14.3 Å². The molecule has 8 heteroatoms. The molecular formula is C12H14N2O6. The Morgan fingerprint density at radius 1 is 1.40 bits per heavy atom. The molecule has 1 aromatic carbocycles. The van der Waals surface area contributed by atoms with Gasteiger partial charge in [0.25, 0.3) is 0 Å². The Hall–Kier alpha value is -2.48. The van der Waals surface area contributed by atoms with E-state index in [-0.39, 0.29) is 11.7 Å². The molecular weight excluding hydrogens is 268 g/mol. The number of carbonyl (C=O) groups is 2. The summed E-state index contributed by atoms with van der Waals surface area (Å²) in [5.74, 6) is -2.61. The zero-order valence-corrected chi connectivity index (χ0v) is 10.8. The lowest BCUT2D eigenvalue weighted by atomic mass is 10.1. The van der Waals surface area contributed by atoms with Crippen molar-refractivity contribution in [2.75, 3.05) is 13.2 Å². The van der Waals surface area contributed by atoms with Gasteiger partial charge in [0.1, 0.15) is 6.04 Å². The highest BCUT2D eigenvalue weighted by molar-refractivity contribution is 6.32. The van der Waals surface area contributed by atoms with Crippen LogP contribution in [0.25, 0.3) is 0 Å². The number of hydrogen-bond donors (Lipinski definition) is 1. The van der Waals surface area contributed by atoms with Crippen LogP contribution in [0.1, 0.15) is 18.5 Å². The van der Waals surface area contributed by atoms with Crippen LogP contribution in [-0.4, -0.2) is 40.2 Å². The van der Waals surface area contributed by atoms with E-state index in [9.17, 15) is 24.9 Å². The standard InChI is InChI=1S/C12H14N2O6/c1-2-20-12(16)11(15)14(19)10(8-13(17)18)9-6-4-3-5-7-9/h3-7,10,19H,2,8H2,1H3/t10-/m1/s1. The van der Waals surface area contributed by atoms with Gasteiger partial charge < -0.3 is 4.74 Å². The number of amides is 1. The number of esters is 1. The van der Waals surface area contributed by atoms with Crippen LogP contribution in [0.2, 0.25) is 0 Å². The first kappa shape index (κ1) is 15.6. The van der Waals surface area contributed by atoms with Crippen LogP contribution in [0.4, 0.5) is 0 Å². The summed E-state index contributed by atoms with van der Waals surface area (Å²) in [5.41, 5.74) is 0.337. The normalized spacial score (nSPS) is 11.5. The summed E-state index contributed by atoms with van der Waals surface area (Å²) >= 11 is 0. The second-order valence-electron chi connectivity index (χ2n) is 3.81. The zero-order valence-electron chi connectivity index (χ0n) is 10.8. The molecule has 1 atom stereocenters. The highest BCUT2D eigenvalue weighted by atomic mass is 16.6. The first-order valence-electron chi connectivity index (χ1n) is 5.83. The van der Waals surface area contributed by atoms with Gasteiger partial charge in [-0.05, 0) is 12.5 Å². The molecule has 1 aromatic rings. The predicted molar refractivity (Wildman–Crippen MR) is 66.3 cm³/mol. The van der Waals surface area contributed by atoms with E-state index in [0.717, 1.165) is 0 Å². The van der Waals surface area contributed by atoms with Gasteiger partial charge in [0.2, 0.25) is 6.54 Å². The second-order valence-corrected chi connectivity index (χ2v) is 3.81. The summed E-state index contributed by atoms with van der Waals surface area (Å²) in [6.07, 6.45) is 0. The van der Waals surface area contributed by atoms with E-state index in [1.165, 1.54) is 19.1 Å². The summed E-state index contributed by atoms with van der Waals surface area (Å²) < 4.78 is 4.46. The summed E-state index contributed by atoms with van der Waals surface area (Å²) in [4.78, 5) is 32.8. The van der Waals surface area contributed by atoms with Crippen LogP contribution < -0.4 is 0 Å². The van der Waals surface area contributed by atoms with Crippen molar-refractivity contribution in [2.45, 2.75) is 13.0 Å². The average molecular weight is 282 g/mol.